The average Bonchev–Trinajstić information content (AvgIpc) is 3.19. The third kappa shape index (κ3) is 5.44. The van der Waals surface area contributed by atoms with E-state index < -0.39 is 11.7 Å². The number of nitrogens with one attached hydrogen (secondary N) is 1. The first kappa shape index (κ1) is 21.9. The number of carboxylic acid groups (broad SMARTS) is 1. The number of unbranched alkanes of at least 4 members (excludes halogenated alkanes) is 3. The molecule has 1 aromatic carbocycles. The molecule has 0 saturated heterocycles. The lowest BCUT2D eigenvalue weighted by atomic mass is 10.1. The van der Waals surface area contributed by atoms with Crippen molar-refractivity contribution in [2.24, 2.45) is 0 Å². The van der Waals surface area contributed by atoms with Crippen LogP contribution in [-0.2, 0) is 11.3 Å². The number of carbonyl (C=O) groups is 1. The van der Waals surface area contributed by atoms with Gasteiger partial charge in [-0.3, -0.25) is 9.78 Å². The number of aliphatic carboxylic acids is 1. The van der Waals surface area contributed by atoms with E-state index in [1.54, 1.807) is 25.3 Å². The van der Waals surface area contributed by atoms with Gasteiger partial charge in [-0.2, -0.15) is 0 Å². The minimum absolute atomic E-state index is 0.173. The molecule has 0 spiro atoms. The van der Waals surface area contributed by atoms with Gasteiger partial charge in [0, 0.05) is 35.3 Å². The van der Waals surface area contributed by atoms with E-state index in [1.165, 1.54) is 16.9 Å². The van der Waals surface area contributed by atoms with Crippen LogP contribution in [0.4, 0.5) is 0 Å². The van der Waals surface area contributed by atoms with Crippen LogP contribution in [0.1, 0.15) is 36.8 Å². The van der Waals surface area contributed by atoms with E-state index in [4.69, 9.17) is 14.3 Å². The Morgan fingerprint density at radius 3 is 2.81 bits per heavy atom. The molecular weight excluding hydrogens is 404 g/mol. The summed E-state index contributed by atoms with van der Waals surface area (Å²) < 4.78 is 12.6. The lowest BCUT2D eigenvalue weighted by molar-refractivity contribution is -0.131. The first-order valence-electron chi connectivity index (χ1n) is 9.94. The molecular formula is C22H24N2O7. The number of nitrogens with zero attached hydrogens (tertiary/aromatic N) is 1. The zero-order valence-corrected chi connectivity index (χ0v) is 17.1. The van der Waals surface area contributed by atoms with Crippen molar-refractivity contribution in [3.05, 3.63) is 62.6 Å². The molecule has 0 aliphatic rings. The summed E-state index contributed by atoms with van der Waals surface area (Å²) in [6.45, 7) is 2.51. The fourth-order valence-corrected chi connectivity index (χ4v) is 3.21. The number of carboxylic acids is 1. The third-order valence-electron chi connectivity index (χ3n) is 4.84. The van der Waals surface area contributed by atoms with Gasteiger partial charge in [0.1, 0.15) is 0 Å². The van der Waals surface area contributed by atoms with E-state index in [-0.39, 0.29) is 17.1 Å². The number of aromatic amines is 1. The second kappa shape index (κ2) is 9.84. The molecule has 3 aromatic rings. The zero-order valence-electron chi connectivity index (χ0n) is 17.1. The summed E-state index contributed by atoms with van der Waals surface area (Å²) in [5.41, 5.74) is 0.451. The largest absolute Gasteiger partial charge is 0.504 e. The van der Waals surface area contributed by atoms with Crippen LogP contribution in [0.2, 0.25) is 0 Å². The molecule has 3 N–H and O–H groups in total. The van der Waals surface area contributed by atoms with Crippen LogP contribution in [0, 0.1) is 6.92 Å². The van der Waals surface area contributed by atoms with Crippen LogP contribution in [0.25, 0.3) is 17.0 Å². The van der Waals surface area contributed by atoms with Gasteiger partial charge in [0.15, 0.2) is 11.3 Å². The highest BCUT2D eigenvalue weighted by molar-refractivity contribution is 5.92. The van der Waals surface area contributed by atoms with Crippen LogP contribution < -0.4 is 16.0 Å². The number of hydrogen-bond acceptors (Lipinski definition) is 6. The number of phenols is 1. The van der Waals surface area contributed by atoms with Crippen molar-refractivity contribution in [2.45, 2.75) is 39.2 Å². The molecule has 0 aliphatic heterocycles. The molecule has 164 valence electrons. The Hall–Kier alpha value is -3.75. The van der Waals surface area contributed by atoms with E-state index in [0.717, 1.165) is 31.8 Å². The Labute approximate surface area is 177 Å². The maximum Gasteiger partial charge on any atom is 0.328 e. The second-order valence-electron chi connectivity index (χ2n) is 7.18. The van der Waals surface area contributed by atoms with Gasteiger partial charge < -0.3 is 23.9 Å². The van der Waals surface area contributed by atoms with Crippen molar-refractivity contribution >= 4 is 23.0 Å². The fraction of sp³-hybridized carbons (Fsp3) is 0.318. The highest BCUT2D eigenvalue weighted by atomic mass is 16.5. The third-order valence-corrected chi connectivity index (χ3v) is 4.84. The molecule has 0 radical (unpaired) electrons. The van der Waals surface area contributed by atoms with Gasteiger partial charge >= 0.3 is 11.7 Å². The molecule has 9 heteroatoms. The number of furan rings is 1. The number of H-pyrrole nitrogens is 1. The first-order chi connectivity index (χ1) is 14.9. The smallest absolute Gasteiger partial charge is 0.328 e. The lowest BCUT2D eigenvalue weighted by Crippen LogP contribution is -2.30. The van der Waals surface area contributed by atoms with Gasteiger partial charge in [0.2, 0.25) is 5.75 Å². The SMILES string of the molecule is Cc1cn(CCCCCCOc2c(O)c(/C=C/C(=O)O)cc3ccoc23)c(=O)[nH]c1=O. The topological polar surface area (TPSA) is 135 Å². The average molecular weight is 428 g/mol. The van der Waals surface area contributed by atoms with Crippen molar-refractivity contribution in [3.8, 4) is 11.5 Å². The highest BCUT2D eigenvalue weighted by Crippen LogP contribution is 2.39. The molecule has 2 heterocycles. The second-order valence-corrected chi connectivity index (χ2v) is 7.18. The van der Waals surface area contributed by atoms with E-state index in [1.807, 2.05) is 0 Å². The molecule has 0 saturated carbocycles. The molecule has 0 bridgehead atoms. The van der Waals surface area contributed by atoms with Crippen molar-refractivity contribution in [1.29, 1.82) is 0 Å². The summed E-state index contributed by atoms with van der Waals surface area (Å²) >= 11 is 0. The van der Waals surface area contributed by atoms with Gasteiger partial charge in [-0.1, -0.05) is 12.8 Å². The van der Waals surface area contributed by atoms with E-state index in [2.05, 4.69) is 4.98 Å². The number of aromatic hydroxyl groups is 1. The minimum Gasteiger partial charge on any atom is -0.504 e. The zero-order chi connectivity index (χ0) is 22.4. The summed E-state index contributed by atoms with van der Waals surface area (Å²) in [7, 11) is 0. The van der Waals surface area contributed by atoms with Gasteiger partial charge in [-0.25, -0.2) is 9.59 Å². The molecule has 0 unspecified atom stereocenters. The summed E-state index contributed by atoms with van der Waals surface area (Å²) in [6, 6.07) is 3.33. The van der Waals surface area contributed by atoms with Crippen molar-refractivity contribution in [2.75, 3.05) is 6.61 Å². The number of aryl methyl sites for hydroxylation is 2. The van der Waals surface area contributed by atoms with E-state index in [9.17, 15) is 19.5 Å². The quantitative estimate of drug-likeness (QED) is 0.334. The van der Waals surface area contributed by atoms with Gasteiger partial charge in [-0.05, 0) is 38.0 Å². The van der Waals surface area contributed by atoms with Gasteiger partial charge in [0.05, 0.1) is 12.9 Å². The molecule has 0 amide bonds. The normalized spacial score (nSPS) is 11.4. The van der Waals surface area contributed by atoms with Crippen molar-refractivity contribution in [3.63, 3.8) is 0 Å². The molecule has 0 aliphatic carbocycles. The van der Waals surface area contributed by atoms with Crippen LogP contribution >= 0.6 is 0 Å². The molecule has 9 nitrogen and oxygen atoms in total. The Morgan fingerprint density at radius 1 is 1.26 bits per heavy atom. The van der Waals surface area contributed by atoms with E-state index >= 15 is 0 Å². The Morgan fingerprint density at radius 2 is 2.03 bits per heavy atom. The number of phenolic OH excluding ortho intramolecular Hbond substituents is 1. The molecule has 2 aromatic heterocycles. The molecule has 0 fully saturated rings. The Balaban J connectivity index is 1.53. The predicted octanol–water partition coefficient (Wildman–Crippen LogP) is 3.03. The number of hydrogen-bond donors (Lipinski definition) is 3. The number of benzene rings is 1. The molecule has 31 heavy (non-hydrogen) atoms. The van der Waals surface area contributed by atoms with Gasteiger partial charge in [0.25, 0.3) is 5.56 Å². The summed E-state index contributed by atoms with van der Waals surface area (Å²) in [5.74, 6) is -1.11. The number of rotatable bonds is 10. The number of fused-ring (bicyclic) bond motifs is 1. The standard InChI is InChI=1S/C22H24N2O7/c1-14-13-24(22(29)23-21(14)28)9-4-2-3-5-10-30-20-18(27)15(6-7-17(25)26)12-16-8-11-31-19(16)20/h6-8,11-13,27H,2-5,9-10H2,1H3,(H,25,26)(H,23,28,29)/b7-6+. The summed E-state index contributed by atoms with van der Waals surface area (Å²) in [4.78, 5) is 36.2. The predicted molar refractivity (Wildman–Crippen MR) is 115 cm³/mol. The van der Waals surface area contributed by atoms with Gasteiger partial charge in [-0.15, -0.1) is 0 Å². The van der Waals surface area contributed by atoms with Crippen LogP contribution in [0.5, 0.6) is 11.5 Å². The lowest BCUT2D eigenvalue weighted by Gasteiger charge is -2.11. The maximum absolute atomic E-state index is 11.8. The molecule has 0 atom stereocenters. The number of ether oxygens (including phenoxy) is 1. The Kier molecular flexibility index (Phi) is 6.96. The monoisotopic (exact) mass is 428 g/mol. The molecule has 3 rings (SSSR count). The first-order valence-corrected chi connectivity index (χ1v) is 9.94. The van der Waals surface area contributed by atoms with Crippen LogP contribution in [0.15, 0.2) is 44.7 Å². The van der Waals surface area contributed by atoms with Crippen LogP contribution in [0.3, 0.4) is 0 Å². The van der Waals surface area contributed by atoms with E-state index in [0.29, 0.717) is 35.2 Å². The van der Waals surface area contributed by atoms with Crippen molar-refractivity contribution < 1.29 is 24.2 Å². The highest BCUT2D eigenvalue weighted by Gasteiger charge is 2.15. The summed E-state index contributed by atoms with van der Waals surface area (Å²) in [6.07, 6.45) is 8.48. The fourth-order valence-electron chi connectivity index (χ4n) is 3.21. The van der Waals surface area contributed by atoms with Crippen molar-refractivity contribution in [1.82, 2.24) is 9.55 Å². The Bertz CT molecular complexity index is 1220. The van der Waals surface area contributed by atoms with Crippen LogP contribution in [-0.4, -0.2) is 32.3 Å². The number of aromatic nitrogens is 2. The minimum atomic E-state index is -1.12. The summed E-state index contributed by atoms with van der Waals surface area (Å²) in [5, 5.41) is 20.0. The maximum atomic E-state index is 11.8.